The molecule has 0 aliphatic rings. The van der Waals surface area contributed by atoms with Gasteiger partial charge >= 0.3 is 0 Å². The van der Waals surface area contributed by atoms with Gasteiger partial charge in [0, 0.05) is 11.3 Å². The van der Waals surface area contributed by atoms with Gasteiger partial charge in [-0.3, -0.25) is 4.79 Å². The zero-order valence-electron chi connectivity index (χ0n) is 16.5. The van der Waals surface area contributed by atoms with Crippen LogP contribution in [0.4, 0.5) is 5.69 Å². The van der Waals surface area contributed by atoms with Crippen LogP contribution in [0.5, 0.6) is 11.5 Å². The molecule has 0 heterocycles. The first-order valence-electron chi connectivity index (χ1n) is 8.73. The van der Waals surface area contributed by atoms with Crippen molar-refractivity contribution in [1.29, 1.82) is 0 Å². The monoisotopic (exact) mass is 357 g/mol. The van der Waals surface area contributed by atoms with Crippen LogP contribution in [0.2, 0.25) is 0 Å². The summed E-state index contributed by atoms with van der Waals surface area (Å²) in [5, 5.41) is 2.99. The SMILES string of the molecule is COc1cc(C)c(C[NH+](C)CC(=O)Nc2cc(C)cc(C)c2)cc1OC. The third kappa shape index (κ3) is 5.23. The standard InChI is InChI=1S/C21H28N2O3/c1-14-7-15(2)9-18(8-14)22-21(24)13-23(4)12-17-11-20(26-6)19(25-5)10-16(17)3/h7-11H,12-13H2,1-6H3,(H,22,24)/p+1. The van der Waals surface area contributed by atoms with Gasteiger partial charge in [0.05, 0.1) is 21.3 Å². The van der Waals surface area contributed by atoms with E-state index in [2.05, 4.69) is 11.4 Å². The molecule has 0 radical (unpaired) electrons. The molecule has 5 nitrogen and oxygen atoms in total. The van der Waals surface area contributed by atoms with Crippen molar-refractivity contribution in [2.75, 3.05) is 33.1 Å². The van der Waals surface area contributed by atoms with Crippen molar-refractivity contribution < 1.29 is 19.2 Å². The molecule has 1 unspecified atom stereocenters. The lowest BCUT2D eigenvalue weighted by molar-refractivity contribution is -0.885. The van der Waals surface area contributed by atoms with E-state index in [1.165, 1.54) is 0 Å². The zero-order valence-corrected chi connectivity index (χ0v) is 16.5. The van der Waals surface area contributed by atoms with Gasteiger partial charge in [0.15, 0.2) is 18.0 Å². The predicted octanol–water partition coefficient (Wildman–Crippen LogP) is 2.28. The van der Waals surface area contributed by atoms with Crippen LogP contribution in [0, 0.1) is 20.8 Å². The minimum absolute atomic E-state index is 0.00521. The Balaban J connectivity index is 2.01. The van der Waals surface area contributed by atoms with Crippen LogP contribution < -0.4 is 19.7 Å². The Morgan fingerprint density at radius 3 is 2.12 bits per heavy atom. The number of anilines is 1. The maximum atomic E-state index is 12.4. The Bertz CT molecular complexity index is 767. The minimum Gasteiger partial charge on any atom is -0.493 e. The van der Waals surface area contributed by atoms with E-state index in [1.54, 1.807) is 14.2 Å². The van der Waals surface area contributed by atoms with Crippen molar-refractivity contribution in [2.24, 2.45) is 0 Å². The summed E-state index contributed by atoms with van der Waals surface area (Å²) in [5.74, 6) is 1.44. The number of quaternary nitrogens is 1. The molecular formula is C21H29N2O3+. The highest BCUT2D eigenvalue weighted by atomic mass is 16.5. The number of carbonyl (C=O) groups excluding carboxylic acids is 1. The molecule has 2 rings (SSSR count). The summed E-state index contributed by atoms with van der Waals surface area (Å²) in [6.45, 7) is 7.22. The normalized spacial score (nSPS) is 11.8. The van der Waals surface area contributed by atoms with Gasteiger partial charge in [0.1, 0.15) is 6.54 Å². The Morgan fingerprint density at radius 1 is 0.962 bits per heavy atom. The van der Waals surface area contributed by atoms with Crippen LogP contribution >= 0.6 is 0 Å². The van der Waals surface area contributed by atoms with Crippen LogP contribution in [-0.4, -0.2) is 33.7 Å². The summed E-state index contributed by atoms with van der Waals surface area (Å²) < 4.78 is 10.7. The molecule has 0 aliphatic heterocycles. The van der Waals surface area contributed by atoms with Crippen LogP contribution in [0.1, 0.15) is 22.3 Å². The van der Waals surface area contributed by atoms with Gasteiger partial charge in [-0.25, -0.2) is 0 Å². The van der Waals surface area contributed by atoms with Gasteiger partial charge in [0.25, 0.3) is 5.91 Å². The molecular weight excluding hydrogens is 328 g/mol. The number of hydrogen-bond donors (Lipinski definition) is 2. The van der Waals surface area contributed by atoms with Gasteiger partial charge < -0.3 is 19.7 Å². The molecule has 2 N–H and O–H groups in total. The van der Waals surface area contributed by atoms with E-state index in [4.69, 9.17) is 9.47 Å². The average molecular weight is 357 g/mol. The summed E-state index contributed by atoms with van der Waals surface area (Å²) in [7, 11) is 5.27. The second kappa shape index (κ2) is 8.72. The van der Waals surface area contributed by atoms with Crippen molar-refractivity contribution in [3.8, 4) is 11.5 Å². The predicted molar refractivity (Wildman–Crippen MR) is 104 cm³/mol. The Hall–Kier alpha value is -2.53. The van der Waals surface area contributed by atoms with E-state index in [0.29, 0.717) is 12.3 Å². The molecule has 0 aromatic heterocycles. The third-order valence-electron chi connectivity index (χ3n) is 4.30. The molecule has 140 valence electrons. The quantitative estimate of drug-likeness (QED) is 0.799. The molecule has 0 bridgehead atoms. The molecule has 2 aromatic rings. The van der Waals surface area contributed by atoms with E-state index in [-0.39, 0.29) is 5.91 Å². The Kier molecular flexibility index (Phi) is 6.64. The van der Waals surface area contributed by atoms with Gasteiger partial charge in [-0.15, -0.1) is 0 Å². The van der Waals surface area contributed by atoms with E-state index >= 15 is 0 Å². The number of aryl methyl sites for hydroxylation is 3. The van der Waals surface area contributed by atoms with Crippen molar-refractivity contribution >= 4 is 11.6 Å². The van der Waals surface area contributed by atoms with Crippen LogP contribution in [0.15, 0.2) is 30.3 Å². The molecule has 2 aromatic carbocycles. The largest absolute Gasteiger partial charge is 0.493 e. The second-order valence-electron chi connectivity index (χ2n) is 6.87. The highest BCUT2D eigenvalue weighted by Gasteiger charge is 2.15. The third-order valence-corrected chi connectivity index (χ3v) is 4.30. The summed E-state index contributed by atoms with van der Waals surface area (Å²) in [5.41, 5.74) is 5.39. The summed E-state index contributed by atoms with van der Waals surface area (Å²) in [6, 6.07) is 10.0. The lowest BCUT2D eigenvalue weighted by Gasteiger charge is -2.17. The minimum atomic E-state index is 0.00521. The fourth-order valence-corrected chi connectivity index (χ4v) is 3.13. The van der Waals surface area contributed by atoms with Crippen molar-refractivity contribution in [2.45, 2.75) is 27.3 Å². The van der Waals surface area contributed by atoms with Crippen LogP contribution in [0.3, 0.4) is 0 Å². The Morgan fingerprint density at radius 2 is 1.54 bits per heavy atom. The van der Waals surface area contributed by atoms with Gasteiger partial charge in [-0.2, -0.15) is 0 Å². The number of ether oxygens (including phenoxy) is 2. The number of nitrogens with one attached hydrogen (secondary N) is 2. The van der Waals surface area contributed by atoms with Gasteiger partial charge in [-0.1, -0.05) is 6.07 Å². The molecule has 0 spiro atoms. The number of carbonyl (C=O) groups is 1. The van der Waals surface area contributed by atoms with Crippen LogP contribution in [-0.2, 0) is 11.3 Å². The fraction of sp³-hybridized carbons (Fsp3) is 0.381. The number of amides is 1. The highest BCUT2D eigenvalue weighted by Crippen LogP contribution is 2.29. The molecule has 1 atom stereocenters. The average Bonchev–Trinajstić information content (AvgIpc) is 2.54. The number of likely N-dealkylation sites (N-methyl/N-ethyl adjacent to an activating group) is 1. The molecule has 5 heteroatoms. The zero-order chi connectivity index (χ0) is 19.3. The molecule has 1 amide bonds. The number of rotatable bonds is 7. The first-order chi connectivity index (χ1) is 12.3. The topological polar surface area (TPSA) is 52.0 Å². The maximum Gasteiger partial charge on any atom is 0.279 e. The summed E-state index contributed by atoms with van der Waals surface area (Å²) >= 11 is 0. The van der Waals surface area contributed by atoms with Crippen molar-refractivity contribution in [1.82, 2.24) is 0 Å². The molecule has 26 heavy (non-hydrogen) atoms. The van der Waals surface area contributed by atoms with E-state index in [0.717, 1.165) is 45.1 Å². The number of benzene rings is 2. The molecule has 0 aliphatic carbocycles. The van der Waals surface area contributed by atoms with Crippen molar-refractivity contribution in [3.05, 3.63) is 52.6 Å². The first-order valence-corrected chi connectivity index (χ1v) is 8.73. The fourth-order valence-electron chi connectivity index (χ4n) is 3.13. The smallest absolute Gasteiger partial charge is 0.279 e. The van der Waals surface area contributed by atoms with Gasteiger partial charge in [0.2, 0.25) is 0 Å². The summed E-state index contributed by atoms with van der Waals surface area (Å²) in [6.07, 6.45) is 0. The van der Waals surface area contributed by atoms with E-state index in [9.17, 15) is 4.79 Å². The summed E-state index contributed by atoms with van der Waals surface area (Å²) in [4.78, 5) is 13.5. The Labute approximate surface area is 155 Å². The molecule has 0 fully saturated rings. The van der Waals surface area contributed by atoms with E-state index in [1.807, 2.05) is 52.1 Å². The molecule has 0 saturated heterocycles. The van der Waals surface area contributed by atoms with Crippen LogP contribution in [0.25, 0.3) is 0 Å². The van der Waals surface area contributed by atoms with Crippen molar-refractivity contribution in [3.63, 3.8) is 0 Å². The maximum absolute atomic E-state index is 12.4. The number of methoxy groups -OCH3 is 2. The lowest BCUT2D eigenvalue weighted by atomic mass is 10.1. The molecule has 0 saturated carbocycles. The number of hydrogen-bond acceptors (Lipinski definition) is 3. The first kappa shape index (κ1) is 19.8. The van der Waals surface area contributed by atoms with E-state index < -0.39 is 0 Å². The lowest BCUT2D eigenvalue weighted by Crippen LogP contribution is -3.08. The second-order valence-corrected chi connectivity index (χ2v) is 6.87. The van der Waals surface area contributed by atoms with Gasteiger partial charge in [-0.05, 0) is 61.7 Å². The highest BCUT2D eigenvalue weighted by molar-refractivity contribution is 5.91.